The van der Waals surface area contributed by atoms with Crippen molar-refractivity contribution in [3.63, 3.8) is 0 Å². The third kappa shape index (κ3) is 6.30. The molecule has 42 heavy (non-hydrogen) atoms. The number of aliphatic hydroxyl groups excluding tert-OH is 1. The van der Waals surface area contributed by atoms with E-state index in [1.165, 1.54) is 12.4 Å². The summed E-state index contributed by atoms with van der Waals surface area (Å²) in [5.41, 5.74) is 4.87. The molecule has 0 amide bonds. The lowest BCUT2D eigenvalue weighted by molar-refractivity contribution is 0.000308. The Morgan fingerprint density at radius 3 is 2.55 bits per heavy atom. The molecule has 1 saturated heterocycles. The van der Waals surface area contributed by atoms with Crippen LogP contribution in [0.4, 0.5) is 11.8 Å². The molecule has 0 bridgehead atoms. The van der Waals surface area contributed by atoms with E-state index in [9.17, 15) is 5.11 Å². The molecule has 1 atom stereocenters. The van der Waals surface area contributed by atoms with Crippen molar-refractivity contribution < 1.29 is 19.8 Å². The number of aromatic nitrogens is 5. The molecule has 5 heterocycles. The SMILES string of the molecule is CN(Cc1cc2nc(-c3ccc(OCc4ccccc4)nc3)nc(N3CCOCC3)c2s1)c1ncc(C(O)NO)cn1. The van der Waals surface area contributed by atoms with Crippen molar-refractivity contribution >= 4 is 33.3 Å². The number of nitrogens with zero attached hydrogens (tertiary/aromatic N) is 7. The van der Waals surface area contributed by atoms with Gasteiger partial charge in [0.2, 0.25) is 11.8 Å². The van der Waals surface area contributed by atoms with Crippen LogP contribution in [0.1, 0.15) is 22.2 Å². The average Bonchev–Trinajstić information content (AvgIpc) is 3.46. The number of hydrogen-bond acceptors (Lipinski definition) is 13. The number of ether oxygens (including phenoxy) is 2. The van der Waals surface area contributed by atoms with Crippen LogP contribution in [0.15, 0.2) is 67.1 Å². The second-order valence-corrected chi connectivity index (χ2v) is 10.9. The Kier molecular flexibility index (Phi) is 8.44. The molecule has 0 radical (unpaired) electrons. The van der Waals surface area contributed by atoms with Gasteiger partial charge < -0.3 is 29.6 Å². The van der Waals surface area contributed by atoms with Gasteiger partial charge in [-0.05, 0) is 17.7 Å². The standard InChI is InChI=1S/C29H30N8O4S/c1-36(29-31-15-21(16-32-29)28(38)35-39)17-22-13-23-25(42-22)27(37-9-11-40-12-10-37)34-26(33-23)20-7-8-24(30-14-20)41-18-19-5-3-2-4-6-19/h2-8,13-16,28,35,38-39H,9-12,17-18H2,1H3. The van der Waals surface area contributed by atoms with Crippen molar-refractivity contribution in [2.75, 3.05) is 43.2 Å². The lowest BCUT2D eigenvalue weighted by Gasteiger charge is -2.28. The molecule has 12 nitrogen and oxygen atoms in total. The summed E-state index contributed by atoms with van der Waals surface area (Å²) >= 11 is 1.64. The largest absolute Gasteiger partial charge is 0.473 e. The number of pyridine rings is 1. The number of hydrogen-bond donors (Lipinski definition) is 3. The number of anilines is 2. The summed E-state index contributed by atoms with van der Waals surface area (Å²) in [4.78, 5) is 28.3. The minimum Gasteiger partial charge on any atom is -0.473 e. The van der Waals surface area contributed by atoms with E-state index in [1.54, 1.807) is 23.0 Å². The summed E-state index contributed by atoms with van der Waals surface area (Å²) < 4.78 is 12.5. The van der Waals surface area contributed by atoms with E-state index in [1.807, 2.05) is 54.4 Å². The molecule has 0 aliphatic carbocycles. The fraction of sp³-hybridized carbons (Fsp3) is 0.276. The first-order chi connectivity index (χ1) is 20.6. The molecule has 1 aromatic carbocycles. The second kappa shape index (κ2) is 12.7. The highest BCUT2D eigenvalue weighted by Gasteiger charge is 2.21. The summed E-state index contributed by atoms with van der Waals surface area (Å²) in [6.45, 7) is 3.78. The van der Waals surface area contributed by atoms with Gasteiger partial charge >= 0.3 is 0 Å². The van der Waals surface area contributed by atoms with E-state index in [-0.39, 0.29) is 0 Å². The highest BCUT2D eigenvalue weighted by atomic mass is 32.1. The van der Waals surface area contributed by atoms with Crippen molar-refractivity contribution in [1.82, 2.24) is 30.4 Å². The fourth-order valence-corrected chi connectivity index (χ4v) is 5.70. The van der Waals surface area contributed by atoms with Crippen LogP contribution in [0, 0.1) is 0 Å². The van der Waals surface area contributed by atoms with Crippen LogP contribution in [0.5, 0.6) is 5.88 Å². The number of hydroxylamine groups is 1. The van der Waals surface area contributed by atoms with Gasteiger partial charge in [0.15, 0.2) is 17.9 Å². The van der Waals surface area contributed by atoms with Crippen LogP contribution in [0.3, 0.4) is 0 Å². The first-order valence-corrected chi connectivity index (χ1v) is 14.3. The van der Waals surface area contributed by atoms with Gasteiger partial charge in [-0.15, -0.1) is 11.3 Å². The van der Waals surface area contributed by atoms with Gasteiger partial charge in [-0.1, -0.05) is 30.3 Å². The van der Waals surface area contributed by atoms with Gasteiger partial charge in [0.25, 0.3) is 0 Å². The normalized spacial score (nSPS) is 14.2. The summed E-state index contributed by atoms with van der Waals surface area (Å²) in [7, 11) is 1.90. The highest BCUT2D eigenvalue weighted by Crippen LogP contribution is 2.35. The van der Waals surface area contributed by atoms with Gasteiger partial charge in [-0.2, -0.15) is 5.48 Å². The van der Waals surface area contributed by atoms with Crippen LogP contribution in [-0.4, -0.2) is 68.6 Å². The summed E-state index contributed by atoms with van der Waals surface area (Å²) in [5, 5.41) is 18.6. The third-order valence-electron chi connectivity index (χ3n) is 6.77. The molecule has 6 rings (SSSR count). The number of thiophene rings is 1. The van der Waals surface area contributed by atoms with E-state index in [2.05, 4.69) is 25.9 Å². The average molecular weight is 587 g/mol. The number of nitrogens with one attached hydrogen (secondary N) is 1. The Bertz CT molecular complexity index is 1610. The molecule has 1 unspecified atom stereocenters. The van der Waals surface area contributed by atoms with E-state index in [0.717, 1.165) is 45.1 Å². The molecular formula is C29H30N8O4S. The van der Waals surface area contributed by atoms with Gasteiger partial charge in [0.1, 0.15) is 6.61 Å². The summed E-state index contributed by atoms with van der Waals surface area (Å²) in [6.07, 6.45) is 3.44. The molecule has 13 heteroatoms. The lowest BCUT2D eigenvalue weighted by Crippen LogP contribution is -2.36. The molecule has 0 saturated carbocycles. The number of rotatable bonds is 10. The van der Waals surface area contributed by atoms with Gasteiger partial charge in [-0.25, -0.2) is 24.9 Å². The quantitative estimate of drug-likeness (QED) is 0.163. The molecule has 1 aliphatic heterocycles. The Hall–Kier alpha value is -4.27. The van der Waals surface area contributed by atoms with Crippen LogP contribution in [0.25, 0.3) is 21.6 Å². The van der Waals surface area contributed by atoms with E-state index in [0.29, 0.717) is 49.6 Å². The maximum Gasteiger partial charge on any atom is 0.225 e. The van der Waals surface area contributed by atoms with E-state index >= 15 is 0 Å². The predicted octanol–water partition coefficient (Wildman–Crippen LogP) is 3.57. The topological polar surface area (TPSA) is 142 Å². The number of morpholine rings is 1. The Morgan fingerprint density at radius 1 is 1.05 bits per heavy atom. The zero-order valence-electron chi connectivity index (χ0n) is 22.9. The van der Waals surface area contributed by atoms with E-state index < -0.39 is 6.23 Å². The summed E-state index contributed by atoms with van der Waals surface area (Å²) in [6, 6.07) is 15.8. The lowest BCUT2D eigenvalue weighted by atomic mass is 10.2. The zero-order valence-corrected chi connectivity index (χ0v) is 23.7. The van der Waals surface area contributed by atoms with Crippen LogP contribution < -0.4 is 20.0 Å². The van der Waals surface area contributed by atoms with Gasteiger partial charge in [0, 0.05) is 60.8 Å². The molecule has 216 valence electrons. The Balaban J connectivity index is 1.25. The van der Waals surface area contributed by atoms with Gasteiger partial charge in [0.05, 0.1) is 30.0 Å². The third-order valence-corrected chi connectivity index (χ3v) is 7.88. The predicted molar refractivity (Wildman–Crippen MR) is 158 cm³/mol. The monoisotopic (exact) mass is 586 g/mol. The minimum absolute atomic E-state index is 0.361. The Labute approximate surface area is 246 Å². The highest BCUT2D eigenvalue weighted by molar-refractivity contribution is 7.19. The number of aliphatic hydroxyl groups is 1. The minimum atomic E-state index is -1.24. The maximum atomic E-state index is 9.71. The van der Waals surface area contributed by atoms with Crippen molar-refractivity contribution in [3.05, 3.63) is 83.1 Å². The van der Waals surface area contributed by atoms with Crippen LogP contribution >= 0.6 is 11.3 Å². The molecule has 1 aliphatic rings. The van der Waals surface area contributed by atoms with Crippen molar-refractivity contribution in [2.45, 2.75) is 19.4 Å². The maximum absolute atomic E-state index is 9.71. The van der Waals surface area contributed by atoms with Crippen LogP contribution in [0.2, 0.25) is 0 Å². The fourth-order valence-electron chi connectivity index (χ4n) is 4.54. The first-order valence-electron chi connectivity index (χ1n) is 13.4. The second-order valence-electron chi connectivity index (χ2n) is 9.76. The van der Waals surface area contributed by atoms with Crippen molar-refractivity contribution in [3.8, 4) is 17.3 Å². The number of fused-ring (bicyclic) bond motifs is 1. The van der Waals surface area contributed by atoms with E-state index in [4.69, 9.17) is 24.6 Å². The van der Waals surface area contributed by atoms with Crippen molar-refractivity contribution in [1.29, 1.82) is 0 Å². The Morgan fingerprint density at radius 2 is 1.83 bits per heavy atom. The van der Waals surface area contributed by atoms with Crippen molar-refractivity contribution in [2.24, 2.45) is 0 Å². The van der Waals surface area contributed by atoms with Gasteiger partial charge in [-0.3, -0.25) is 0 Å². The first kappa shape index (κ1) is 27.9. The molecular weight excluding hydrogens is 556 g/mol. The number of benzene rings is 1. The molecule has 4 aromatic heterocycles. The zero-order chi connectivity index (χ0) is 28.9. The molecule has 1 fully saturated rings. The van der Waals surface area contributed by atoms with Crippen LogP contribution in [-0.2, 0) is 17.9 Å². The molecule has 0 spiro atoms. The molecule has 3 N–H and O–H groups in total. The molecule has 5 aromatic rings. The smallest absolute Gasteiger partial charge is 0.225 e. The summed E-state index contributed by atoms with van der Waals surface area (Å²) in [5.74, 6) is 2.50.